The van der Waals surface area contributed by atoms with Gasteiger partial charge in [0.2, 0.25) is 0 Å². The molecule has 0 aliphatic heterocycles. The molecule has 21 heavy (non-hydrogen) atoms. The molecular weight excluding hydrogens is 260 g/mol. The van der Waals surface area contributed by atoms with Crippen LogP contribution in [-0.4, -0.2) is 32.6 Å². The quantitative estimate of drug-likeness (QED) is 0.505. The van der Waals surface area contributed by atoms with Gasteiger partial charge in [-0.1, -0.05) is 40.3 Å². The van der Waals surface area contributed by atoms with E-state index in [1.807, 2.05) is 20.2 Å². The largest absolute Gasteiger partial charge is 0.372 e. The zero-order valence-corrected chi connectivity index (χ0v) is 14.5. The van der Waals surface area contributed by atoms with Gasteiger partial charge in [0.1, 0.15) is 5.82 Å². The van der Waals surface area contributed by atoms with Crippen molar-refractivity contribution in [2.75, 3.05) is 20.1 Å². The van der Waals surface area contributed by atoms with E-state index >= 15 is 0 Å². The average Bonchev–Trinajstić information content (AvgIpc) is 2.41. The molecule has 1 unspecified atom stereocenters. The van der Waals surface area contributed by atoms with Crippen molar-refractivity contribution in [3.05, 3.63) is 24.2 Å². The molecule has 0 rings (SSSR count). The maximum Gasteiger partial charge on any atom is 0.147 e. The van der Waals surface area contributed by atoms with E-state index in [1.165, 1.54) is 0 Å². The maximum absolute atomic E-state index is 4.49. The van der Waals surface area contributed by atoms with Crippen molar-refractivity contribution in [1.29, 1.82) is 0 Å². The number of allylic oxidation sites excluding steroid dienone is 2. The molecule has 0 radical (unpaired) electrons. The van der Waals surface area contributed by atoms with Gasteiger partial charge in [0.25, 0.3) is 0 Å². The van der Waals surface area contributed by atoms with Crippen LogP contribution in [0.3, 0.4) is 0 Å². The molecule has 4 heteroatoms. The highest BCUT2D eigenvalue weighted by molar-refractivity contribution is 5.71. The molecule has 0 spiro atoms. The Morgan fingerprint density at radius 3 is 2.43 bits per heavy atom. The molecule has 0 heterocycles. The zero-order chi connectivity index (χ0) is 16.3. The normalized spacial score (nSPS) is 15.3. The van der Waals surface area contributed by atoms with Crippen LogP contribution in [0, 0.1) is 11.3 Å². The summed E-state index contributed by atoms with van der Waals surface area (Å²) in [5.41, 5.74) is 1.30. The van der Waals surface area contributed by atoms with Crippen LogP contribution in [-0.2, 0) is 0 Å². The summed E-state index contributed by atoms with van der Waals surface area (Å²) in [6.45, 7) is 16.5. The lowest BCUT2D eigenvalue weighted by molar-refractivity contribution is 0.373. The Hall–Kier alpha value is -1.42. The van der Waals surface area contributed by atoms with Crippen LogP contribution in [0.2, 0.25) is 0 Å². The molecule has 120 valence electrons. The third-order valence-electron chi connectivity index (χ3n) is 2.93. The molecule has 0 aromatic heterocycles. The van der Waals surface area contributed by atoms with Crippen molar-refractivity contribution in [3.8, 4) is 0 Å². The first-order valence-electron chi connectivity index (χ1n) is 7.62. The Labute approximate surface area is 130 Å². The van der Waals surface area contributed by atoms with Gasteiger partial charge in [-0.05, 0) is 31.8 Å². The van der Waals surface area contributed by atoms with Gasteiger partial charge < -0.3 is 10.6 Å². The summed E-state index contributed by atoms with van der Waals surface area (Å²) >= 11 is 0. The van der Waals surface area contributed by atoms with Gasteiger partial charge in [-0.25, -0.2) is 4.99 Å². The van der Waals surface area contributed by atoms with Crippen LogP contribution < -0.4 is 10.6 Å². The zero-order valence-electron chi connectivity index (χ0n) is 14.5. The highest BCUT2D eigenvalue weighted by Crippen LogP contribution is 2.19. The SMILES string of the molecule is C=C/C=N\C(NC)=C(\N=CC)C(C)CCNCC(C)(C)C. The predicted octanol–water partition coefficient (Wildman–Crippen LogP) is 3.38. The van der Waals surface area contributed by atoms with Crippen LogP contribution in [0.15, 0.2) is 34.2 Å². The second-order valence-electron chi connectivity index (χ2n) is 6.31. The number of nitrogens with one attached hydrogen (secondary N) is 2. The summed E-state index contributed by atoms with van der Waals surface area (Å²) in [6.07, 6.45) is 6.19. The predicted molar refractivity (Wildman–Crippen MR) is 95.0 cm³/mol. The third-order valence-corrected chi connectivity index (χ3v) is 2.93. The minimum absolute atomic E-state index is 0.313. The van der Waals surface area contributed by atoms with Crippen LogP contribution in [0.25, 0.3) is 0 Å². The molecule has 0 aliphatic rings. The lowest BCUT2D eigenvalue weighted by atomic mass is 9.96. The first-order chi connectivity index (χ1) is 9.85. The summed E-state index contributed by atoms with van der Waals surface area (Å²) in [4.78, 5) is 8.85. The van der Waals surface area contributed by atoms with Crippen molar-refractivity contribution in [3.63, 3.8) is 0 Å². The molecule has 2 N–H and O–H groups in total. The lowest BCUT2D eigenvalue weighted by Crippen LogP contribution is -2.28. The van der Waals surface area contributed by atoms with Gasteiger partial charge in [0.15, 0.2) is 0 Å². The molecular formula is C17H32N4. The van der Waals surface area contributed by atoms with E-state index in [1.54, 1.807) is 12.3 Å². The fourth-order valence-electron chi connectivity index (χ4n) is 1.87. The fourth-order valence-corrected chi connectivity index (χ4v) is 1.87. The van der Waals surface area contributed by atoms with E-state index in [4.69, 9.17) is 0 Å². The molecule has 0 saturated carbocycles. The molecule has 4 nitrogen and oxygen atoms in total. The van der Waals surface area contributed by atoms with Crippen molar-refractivity contribution in [1.82, 2.24) is 10.6 Å². The van der Waals surface area contributed by atoms with E-state index < -0.39 is 0 Å². The third kappa shape index (κ3) is 9.19. The minimum atomic E-state index is 0.313. The molecule has 0 aromatic carbocycles. The second kappa shape index (κ2) is 10.3. The molecule has 0 amide bonds. The monoisotopic (exact) mass is 292 g/mol. The smallest absolute Gasteiger partial charge is 0.147 e. The number of aliphatic imine (C=N–C) groups is 2. The first kappa shape index (κ1) is 19.6. The number of hydrogen-bond acceptors (Lipinski definition) is 4. The van der Waals surface area contributed by atoms with Crippen molar-refractivity contribution < 1.29 is 0 Å². The van der Waals surface area contributed by atoms with Crippen molar-refractivity contribution in [2.24, 2.45) is 21.3 Å². The van der Waals surface area contributed by atoms with Gasteiger partial charge in [-0.2, -0.15) is 0 Å². The van der Waals surface area contributed by atoms with E-state index in [9.17, 15) is 0 Å². The molecule has 0 saturated heterocycles. The Morgan fingerprint density at radius 2 is 1.95 bits per heavy atom. The molecule has 0 fully saturated rings. The van der Waals surface area contributed by atoms with Crippen molar-refractivity contribution in [2.45, 2.75) is 41.0 Å². The molecule has 0 aromatic rings. The van der Waals surface area contributed by atoms with Crippen LogP contribution in [0.4, 0.5) is 0 Å². The summed E-state index contributed by atoms with van der Waals surface area (Å²) in [7, 11) is 1.87. The molecule has 0 aliphatic carbocycles. The van der Waals surface area contributed by atoms with Crippen molar-refractivity contribution >= 4 is 12.4 Å². The highest BCUT2D eigenvalue weighted by atomic mass is 15.0. The lowest BCUT2D eigenvalue weighted by Gasteiger charge is -2.20. The van der Waals surface area contributed by atoms with E-state index in [2.05, 4.69) is 54.9 Å². The number of rotatable bonds is 9. The summed E-state index contributed by atoms with van der Waals surface area (Å²) in [6, 6.07) is 0. The molecule has 1 atom stereocenters. The Bertz CT molecular complexity index is 386. The molecule has 0 bridgehead atoms. The number of hydrogen-bond donors (Lipinski definition) is 2. The van der Waals surface area contributed by atoms with Gasteiger partial charge >= 0.3 is 0 Å². The second-order valence-corrected chi connectivity index (χ2v) is 6.31. The Kier molecular flexibility index (Phi) is 9.63. The van der Waals surface area contributed by atoms with Gasteiger partial charge in [-0.3, -0.25) is 4.99 Å². The highest BCUT2D eigenvalue weighted by Gasteiger charge is 2.14. The van der Waals surface area contributed by atoms with Gasteiger partial charge in [-0.15, -0.1) is 0 Å². The standard InChI is InChI=1S/C17H32N4/c1-8-11-21-16(18-7)15(20-9-2)14(3)10-12-19-13-17(4,5)6/h8-9,11,14,18-19H,1,10,12-13H2,2-7H3/b16-15+,20-9?,21-11-. The average molecular weight is 292 g/mol. The fraction of sp³-hybridized carbons (Fsp3) is 0.647. The van der Waals surface area contributed by atoms with Crippen LogP contribution in [0.5, 0.6) is 0 Å². The van der Waals surface area contributed by atoms with E-state index in [0.717, 1.165) is 31.0 Å². The first-order valence-corrected chi connectivity index (χ1v) is 7.62. The Balaban J connectivity index is 4.75. The minimum Gasteiger partial charge on any atom is -0.372 e. The summed E-state index contributed by atoms with van der Waals surface area (Å²) in [5, 5.41) is 6.62. The van der Waals surface area contributed by atoms with E-state index in [0.29, 0.717) is 11.3 Å². The van der Waals surface area contributed by atoms with E-state index in [-0.39, 0.29) is 0 Å². The topological polar surface area (TPSA) is 48.8 Å². The summed E-state index contributed by atoms with van der Waals surface area (Å²) < 4.78 is 0. The van der Waals surface area contributed by atoms with Crippen LogP contribution in [0.1, 0.15) is 41.0 Å². The van der Waals surface area contributed by atoms with Crippen LogP contribution >= 0.6 is 0 Å². The van der Waals surface area contributed by atoms with Gasteiger partial charge in [0.05, 0.1) is 5.70 Å². The number of nitrogens with zero attached hydrogens (tertiary/aromatic N) is 2. The summed E-state index contributed by atoms with van der Waals surface area (Å²) in [5.74, 6) is 1.13. The Morgan fingerprint density at radius 1 is 1.29 bits per heavy atom. The van der Waals surface area contributed by atoms with Gasteiger partial charge in [0, 0.05) is 25.4 Å². The maximum atomic E-state index is 4.49.